The molecular formula is C4H8NNaO4. The molecule has 0 aromatic carbocycles. The molecule has 0 spiro atoms. The zero-order chi connectivity index (χ0) is 6.57. The van der Waals surface area contributed by atoms with Crippen molar-refractivity contribution in [2.24, 2.45) is 0 Å². The molecular weight excluding hydrogens is 149 g/mol. The molecule has 54 valence electrons. The number of rotatable bonds is 3. The molecule has 10 heavy (non-hydrogen) atoms. The second-order valence-corrected chi connectivity index (χ2v) is 1.29. The first-order chi connectivity index (χ1) is 3.63. The first kappa shape index (κ1) is 16.5. The minimum absolute atomic E-state index is 0. The molecule has 0 saturated heterocycles. The van der Waals surface area contributed by atoms with E-state index in [1.165, 1.54) is 0 Å². The third-order valence-electron chi connectivity index (χ3n) is 0.553. The van der Waals surface area contributed by atoms with E-state index in [1.54, 1.807) is 0 Å². The van der Waals surface area contributed by atoms with E-state index in [1.807, 2.05) is 0 Å². The third kappa shape index (κ3) is 15.7. The van der Waals surface area contributed by atoms with Crippen molar-refractivity contribution in [3.05, 3.63) is 6.15 Å². The Labute approximate surface area is 80.3 Å². The van der Waals surface area contributed by atoms with Gasteiger partial charge in [0.2, 0.25) is 0 Å². The maximum absolute atomic E-state index is 9.64. The van der Waals surface area contributed by atoms with Crippen molar-refractivity contribution in [2.75, 3.05) is 0 Å². The summed E-state index contributed by atoms with van der Waals surface area (Å²) in [4.78, 5) is 19.3. The molecule has 0 radical (unpaired) electrons. The minimum Gasteiger partial charge on any atom is -0.693 e. The zero-order valence-electron chi connectivity index (χ0n) is 5.70. The molecule has 4 N–H and O–H groups in total. The number of carboxylic acid groups (broad SMARTS) is 2. The van der Waals surface area contributed by atoms with E-state index in [-0.39, 0.29) is 48.5 Å². The minimum atomic E-state index is -1.08. The van der Waals surface area contributed by atoms with Crippen LogP contribution in [-0.4, -0.2) is 22.2 Å². The SMILES string of the molecule is O=C(O)CCC(=O)O.[NH2-].[Na+]. The van der Waals surface area contributed by atoms with E-state index in [4.69, 9.17) is 10.2 Å². The Morgan fingerprint density at radius 3 is 1.30 bits per heavy atom. The van der Waals surface area contributed by atoms with Gasteiger partial charge in [0.25, 0.3) is 0 Å². The standard InChI is InChI=1S/C4H6O4.H2N.Na/c5-3(6)1-2-4(7)8;;/h1-2H2,(H,5,6)(H,7,8);1H2;/q;-1;+1. The van der Waals surface area contributed by atoms with Gasteiger partial charge >= 0.3 is 41.5 Å². The van der Waals surface area contributed by atoms with Gasteiger partial charge in [-0.3, -0.25) is 9.59 Å². The smallest absolute Gasteiger partial charge is 0.693 e. The summed E-state index contributed by atoms with van der Waals surface area (Å²) in [6.07, 6.45) is -0.593. The van der Waals surface area contributed by atoms with E-state index in [0.717, 1.165) is 0 Å². The number of aliphatic carboxylic acids is 2. The molecule has 0 bridgehead atoms. The van der Waals surface area contributed by atoms with Gasteiger partial charge in [-0.2, -0.15) is 0 Å². The Bertz CT molecular complexity index is 102. The third-order valence-corrected chi connectivity index (χ3v) is 0.553. The molecule has 0 aliphatic carbocycles. The molecule has 0 saturated carbocycles. The summed E-state index contributed by atoms with van der Waals surface area (Å²) in [5.74, 6) is -2.15. The summed E-state index contributed by atoms with van der Waals surface area (Å²) in [5.41, 5.74) is 0. The number of hydrogen-bond acceptors (Lipinski definition) is 2. The van der Waals surface area contributed by atoms with Gasteiger partial charge < -0.3 is 16.4 Å². The number of carboxylic acids is 2. The van der Waals surface area contributed by atoms with E-state index in [2.05, 4.69) is 0 Å². The Morgan fingerprint density at radius 1 is 1.00 bits per heavy atom. The van der Waals surface area contributed by atoms with Crippen molar-refractivity contribution in [1.82, 2.24) is 0 Å². The summed E-state index contributed by atoms with van der Waals surface area (Å²) in [6, 6.07) is 0. The van der Waals surface area contributed by atoms with Crippen molar-refractivity contribution in [3.8, 4) is 0 Å². The van der Waals surface area contributed by atoms with Crippen molar-refractivity contribution in [2.45, 2.75) is 12.8 Å². The fourth-order valence-corrected chi connectivity index (χ4v) is 0.214. The first-order valence-corrected chi connectivity index (χ1v) is 2.06. The Morgan fingerprint density at radius 2 is 1.20 bits per heavy atom. The normalized spacial score (nSPS) is 6.80. The number of carbonyl (C=O) groups is 2. The van der Waals surface area contributed by atoms with Crippen LogP contribution in [0.1, 0.15) is 12.8 Å². The zero-order valence-corrected chi connectivity index (χ0v) is 7.70. The summed E-state index contributed by atoms with van der Waals surface area (Å²) < 4.78 is 0. The summed E-state index contributed by atoms with van der Waals surface area (Å²) in [7, 11) is 0. The largest absolute Gasteiger partial charge is 1.00 e. The molecule has 0 heterocycles. The predicted molar refractivity (Wildman–Crippen MR) is 29.8 cm³/mol. The van der Waals surface area contributed by atoms with Crippen molar-refractivity contribution >= 4 is 11.9 Å². The fraction of sp³-hybridized carbons (Fsp3) is 0.500. The van der Waals surface area contributed by atoms with Crippen LogP contribution < -0.4 is 29.6 Å². The van der Waals surface area contributed by atoms with Crippen molar-refractivity contribution in [1.29, 1.82) is 0 Å². The maximum atomic E-state index is 9.64. The van der Waals surface area contributed by atoms with E-state index in [9.17, 15) is 9.59 Å². The van der Waals surface area contributed by atoms with Crippen LogP contribution in [0.5, 0.6) is 0 Å². The van der Waals surface area contributed by atoms with Crippen LogP contribution in [0.15, 0.2) is 0 Å². The van der Waals surface area contributed by atoms with E-state index < -0.39 is 11.9 Å². The van der Waals surface area contributed by atoms with Gasteiger partial charge in [-0.05, 0) is 0 Å². The van der Waals surface area contributed by atoms with E-state index in [0.29, 0.717) is 0 Å². The van der Waals surface area contributed by atoms with Crippen LogP contribution in [0, 0.1) is 0 Å². The average Bonchev–Trinajstić information content (AvgIpc) is 1.61. The van der Waals surface area contributed by atoms with Gasteiger partial charge in [0.15, 0.2) is 0 Å². The topological polar surface area (TPSA) is 108 Å². The average molecular weight is 157 g/mol. The molecule has 0 rings (SSSR count). The Hall–Kier alpha value is -0.100. The quantitative estimate of drug-likeness (QED) is 0.447. The van der Waals surface area contributed by atoms with Gasteiger partial charge in [0, 0.05) is 0 Å². The molecule has 0 aromatic heterocycles. The van der Waals surface area contributed by atoms with Crippen molar-refractivity contribution in [3.63, 3.8) is 0 Å². The molecule has 0 unspecified atom stereocenters. The van der Waals surface area contributed by atoms with Crippen LogP contribution >= 0.6 is 0 Å². The van der Waals surface area contributed by atoms with Crippen LogP contribution in [0.2, 0.25) is 0 Å². The van der Waals surface area contributed by atoms with Gasteiger partial charge in [0.1, 0.15) is 0 Å². The second kappa shape index (κ2) is 8.90. The van der Waals surface area contributed by atoms with Gasteiger partial charge in [0.05, 0.1) is 12.8 Å². The summed E-state index contributed by atoms with van der Waals surface area (Å²) >= 11 is 0. The molecule has 0 aromatic rings. The van der Waals surface area contributed by atoms with Gasteiger partial charge in [-0.25, -0.2) is 0 Å². The predicted octanol–water partition coefficient (Wildman–Crippen LogP) is -2.34. The number of hydrogen-bond donors (Lipinski definition) is 2. The molecule has 0 atom stereocenters. The molecule has 0 aliphatic rings. The molecule has 0 amide bonds. The van der Waals surface area contributed by atoms with Crippen LogP contribution in [0.25, 0.3) is 6.15 Å². The van der Waals surface area contributed by atoms with Crippen LogP contribution in [-0.2, 0) is 9.59 Å². The number of nitrogens with two attached hydrogens (primary N) is 1. The Kier molecular flexibility index (Phi) is 14.7. The van der Waals surface area contributed by atoms with Gasteiger partial charge in [-0.15, -0.1) is 0 Å². The van der Waals surface area contributed by atoms with Crippen molar-refractivity contribution < 1.29 is 49.4 Å². The Balaban J connectivity index is -0.000000245. The first-order valence-electron chi connectivity index (χ1n) is 2.06. The molecule has 5 nitrogen and oxygen atoms in total. The van der Waals surface area contributed by atoms with Crippen LogP contribution in [0.4, 0.5) is 0 Å². The molecule has 0 aliphatic heterocycles. The van der Waals surface area contributed by atoms with Crippen LogP contribution in [0.3, 0.4) is 0 Å². The monoisotopic (exact) mass is 157 g/mol. The van der Waals surface area contributed by atoms with Gasteiger partial charge in [-0.1, -0.05) is 0 Å². The molecule has 6 heteroatoms. The molecule has 0 fully saturated rings. The summed E-state index contributed by atoms with van der Waals surface area (Å²) in [6.45, 7) is 0. The summed E-state index contributed by atoms with van der Waals surface area (Å²) in [5, 5.41) is 15.8. The van der Waals surface area contributed by atoms with E-state index >= 15 is 0 Å². The second-order valence-electron chi connectivity index (χ2n) is 1.29. The fourth-order valence-electron chi connectivity index (χ4n) is 0.214. The maximum Gasteiger partial charge on any atom is 1.00 e.